The molecule has 28 heavy (non-hydrogen) atoms. The number of benzene rings is 1. The molecule has 0 radical (unpaired) electrons. The second-order valence-corrected chi connectivity index (χ2v) is 7.98. The average Bonchev–Trinajstić information content (AvgIpc) is 2.71. The van der Waals surface area contributed by atoms with Crippen molar-refractivity contribution in [3.63, 3.8) is 0 Å². The van der Waals surface area contributed by atoms with Crippen LogP contribution in [0.25, 0.3) is 0 Å². The Hall–Kier alpha value is -1.70. The second kappa shape index (κ2) is 8.76. The summed E-state index contributed by atoms with van der Waals surface area (Å²) in [5.74, 6) is 0.0511. The summed E-state index contributed by atoms with van der Waals surface area (Å²) in [6.45, 7) is 3.92. The number of ether oxygens (including phenoxy) is 2. The predicted molar refractivity (Wildman–Crippen MR) is 103 cm³/mol. The highest BCUT2D eigenvalue weighted by Crippen LogP contribution is 2.29. The molecule has 0 bridgehead atoms. The smallest absolute Gasteiger partial charge is 0.225 e. The standard InChI is InChI=1S/C21H29FN2O4/c22-20-16(14-25)2-1-3-19(20)24-12-18(13-24)28-17-4-8-23(9-5-17)21(26)15-6-10-27-11-7-15/h1-3,15,17-18,25H,4-14H2. The number of amides is 1. The molecule has 3 saturated heterocycles. The Kier molecular flexibility index (Phi) is 6.13. The number of rotatable bonds is 5. The highest BCUT2D eigenvalue weighted by molar-refractivity contribution is 5.79. The number of carbonyl (C=O) groups excluding carboxylic acids is 1. The third-order valence-electron chi connectivity index (χ3n) is 6.13. The van der Waals surface area contributed by atoms with Gasteiger partial charge in [0.05, 0.1) is 24.5 Å². The lowest BCUT2D eigenvalue weighted by molar-refractivity contribution is -0.142. The van der Waals surface area contributed by atoms with Gasteiger partial charge in [0.2, 0.25) is 5.91 Å². The molecule has 1 aromatic rings. The number of nitrogens with zero attached hydrogens (tertiary/aromatic N) is 2. The maximum atomic E-state index is 14.3. The summed E-state index contributed by atoms with van der Waals surface area (Å²) in [4.78, 5) is 16.5. The van der Waals surface area contributed by atoms with E-state index in [-0.39, 0.29) is 36.5 Å². The van der Waals surface area contributed by atoms with Crippen molar-refractivity contribution in [1.29, 1.82) is 0 Å². The van der Waals surface area contributed by atoms with Crippen molar-refractivity contribution in [3.05, 3.63) is 29.6 Å². The molecule has 0 saturated carbocycles. The van der Waals surface area contributed by atoms with Gasteiger partial charge in [-0.2, -0.15) is 0 Å². The number of halogens is 1. The van der Waals surface area contributed by atoms with E-state index in [2.05, 4.69) is 0 Å². The van der Waals surface area contributed by atoms with E-state index in [4.69, 9.17) is 9.47 Å². The van der Waals surface area contributed by atoms with E-state index >= 15 is 0 Å². The lowest BCUT2D eigenvalue weighted by Gasteiger charge is -2.44. The Balaban J connectivity index is 1.21. The number of carbonyl (C=O) groups is 1. The van der Waals surface area contributed by atoms with E-state index in [1.54, 1.807) is 18.2 Å². The lowest BCUT2D eigenvalue weighted by atomic mass is 9.97. The van der Waals surface area contributed by atoms with Gasteiger partial charge < -0.3 is 24.4 Å². The van der Waals surface area contributed by atoms with Crippen LogP contribution >= 0.6 is 0 Å². The molecule has 0 spiro atoms. The molecule has 0 atom stereocenters. The van der Waals surface area contributed by atoms with Crippen LogP contribution < -0.4 is 4.90 Å². The van der Waals surface area contributed by atoms with Crippen LogP contribution in [-0.2, 0) is 20.9 Å². The fourth-order valence-corrected chi connectivity index (χ4v) is 4.34. The minimum Gasteiger partial charge on any atom is -0.392 e. The SMILES string of the molecule is O=C(C1CCOCC1)N1CCC(OC2CN(c3cccc(CO)c3F)C2)CC1. The number of anilines is 1. The first kappa shape index (κ1) is 19.6. The molecule has 3 heterocycles. The summed E-state index contributed by atoms with van der Waals surface area (Å²) in [6, 6.07) is 5.11. The minimum absolute atomic E-state index is 0.0972. The van der Waals surface area contributed by atoms with Crippen LogP contribution in [0, 0.1) is 11.7 Å². The number of hydrogen-bond donors (Lipinski definition) is 1. The number of hydrogen-bond acceptors (Lipinski definition) is 5. The van der Waals surface area contributed by atoms with Gasteiger partial charge in [0.1, 0.15) is 0 Å². The van der Waals surface area contributed by atoms with Gasteiger partial charge in [0.15, 0.2) is 5.82 Å². The zero-order valence-electron chi connectivity index (χ0n) is 16.2. The second-order valence-electron chi connectivity index (χ2n) is 7.98. The Morgan fingerprint density at radius 2 is 1.86 bits per heavy atom. The van der Waals surface area contributed by atoms with Gasteiger partial charge in [-0.1, -0.05) is 12.1 Å². The molecule has 7 heteroatoms. The Labute approximate surface area is 165 Å². The fourth-order valence-electron chi connectivity index (χ4n) is 4.34. The predicted octanol–water partition coefficient (Wildman–Crippen LogP) is 1.94. The summed E-state index contributed by atoms with van der Waals surface area (Å²) in [6.07, 6.45) is 3.65. The Morgan fingerprint density at radius 3 is 2.54 bits per heavy atom. The number of piperidine rings is 1. The van der Waals surface area contributed by atoms with Crippen molar-refractivity contribution < 1.29 is 23.8 Å². The molecule has 1 amide bonds. The maximum absolute atomic E-state index is 14.3. The third-order valence-corrected chi connectivity index (χ3v) is 6.13. The van der Waals surface area contributed by atoms with E-state index in [9.17, 15) is 14.3 Å². The first-order valence-electron chi connectivity index (χ1n) is 10.3. The molecule has 1 N–H and O–H groups in total. The average molecular weight is 392 g/mol. The third kappa shape index (κ3) is 4.16. The van der Waals surface area contributed by atoms with Crippen LogP contribution in [0.2, 0.25) is 0 Å². The molecule has 154 valence electrons. The van der Waals surface area contributed by atoms with Gasteiger partial charge in [-0.25, -0.2) is 4.39 Å². The molecule has 0 aliphatic carbocycles. The summed E-state index contributed by atoms with van der Waals surface area (Å²) < 4.78 is 25.8. The molecular formula is C21H29FN2O4. The van der Waals surface area contributed by atoms with Crippen molar-refractivity contribution in [2.75, 3.05) is 44.3 Å². The Morgan fingerprint density at radius 1 is 1.14 bits per heavy atom. The molecule has 4 rings (SSSR count). The molecule has 0 unspecified atom stereocenters. The maximum Gasteiger partial charge on any atom is 0.225 e. The van der Waals surface area contributed by atoms with E-state index in [1.165, 1.54) is 0 Å². The van der Waals surface area contributed by atoms with Crippen LogP contribution in [0.5, 0.6) is 0 Å². The van der Waals surface area contributed by atoms with E-state index in [0.29, 0.717) is 37.6 Å². The van der Waals surface area contributed by atoms with Gasteiger partial charge in [-0.3, -0.25) is 4.79 Å². The zero-order valence-corrected chi connectivity index (χ0v) is 16.2. The van der Waals surface area contributed by atoms with Crippen molar-refractivity contribution in [2.24, 2.45) is 5.92 Å². The minimum atomic E-state index is -0.344. The van der Waals surface area contributed by atoms with Gasteiger partial charge in [-0.15, -0.1) is 0 Å². The first-order chi connectivity index (χ1) is 13.7. The van der Waals surface area contributed by atoms with Gasteiger partial charge in [0.25, 0.3) is 0 Å². The zero-order chi connectivity index (χ0) is 19.5. The van der Waals surface area contributed by atoms with E-state index in [0.717, 1.165) is 38.8 Å². The van der Waals surface area contributed by atoms with Gasteiger partial charge in [-0.05, 0) is 31.7 Å². The summed E-state index contributed by atoms with van der Waals surface area (Å²) >= 11 is 0. The quantitative estimate of drug-likeness (QED) is 0.830. The van der Waals surface area contributed by atoms with Crippen molar-refractivity contribution in [2.45, 2.75) is 44.5 Å². The fraction of sp³-hybridized carbons (Fsp3) is 0.667. The van der Waals surface area contributed by atoms with Crippen LogP contribution in [0.15, 0.2) is 18.2 Å². The Bertz CT molecular complexity index is 681. The lowest BCUT2D eigenvalue weighted by Crippen LogP contribution is -2.55. The topological polar surface area (TPSA) is 62.2 Å². The first-order valence-corrected chi connectivity index (χ1v) is 10.3. The molecule has 6 nitrogen and oxygen atoms in total. The summed E-state index contributed by atoms with van der Waals surface area (Å²) in [5.41, 5.74) is 0.853. The number of likely N-dealkylation sites (tertiary alicyclic amines) is 1. The normalized spacial score (nSPS) is 22.4. The van der Waals surface area contributed by atoms with Crippen LogP contribution in [-0.4, -0.2) is 67.5 Å². The molecular weight excluding hydrogens is 363 g/mol. The van der Waals surface area contributed by atoms with Crippen LogP contribution in [0.1, 0.15) is 31.2 Å². The number of aliphatic hydroxyl groups is 1. The van der Waals surface area contributed by atoms with Crippen molar-refractivity contribution >= 4 is 11.6 Å². The molecule has 3 aliphatic heterocycles. The number of aliphatic hydroxyl groups excluding tert-OH is 1. The largest absolute Gasteiger partial charge is 0.392 e. The summed E-state index contributed by atoms with van der Waals surface area (Å²) in [5, 5.41) is 9.21. The van der Waals surface area contributed by atoms with Crippen molar-refractivity contribution in [3.8, 4) is 0 Å². The highest BCUT2D eigenvalue weighted by Gasteiger charge is 2.34. The monoisotopic (exact) mass is 392 g/mol. The molecule has 0 aromatic heterocycles. The van der Waals surface area contributed by atoms with Crippen LogP contribution in [0.3, 0.4) is 0 Å². The van der Waals surface area contributed by atoms with Crippen molar-refractivity contribution in [1.82, 2.24) is 4.90 Å². The van der Waals surface area contributed by atoms with Gasteiger partial charge in [0, 0.05) is 50.9 Å². The summed E-state index contributed by atoms with van der Waals surface area (Å²) in [7, 11) is 0. The van der Waals surface area contributed by atoms with Crippen LogP contribution in [0.4, 0.5) is 10.1 Å². The molecule has 1 aromatic carbocycles. The highest BCUT2D eigenvalue weighted by atomic mass is 19.1. The molecule has 3 aliphatic rings. The van der Waals surface area contributed by atoms with Gasteiger partial charge >= 0.3 is 0 Å². The van der Waals surface area contributed by atoms with E-state index < -0.39 is 0 Å². The molecule has 3 fully saturated rings. The van der Waals surface area contributed by atoms with E-state index in [1.807, 2.05) is 9.80 Å².